The Morgan fingerprint density at radius 1 is 0.944 bits per heavy atom. The molecule has 2 aromatic carbocycles. The Hall–Kier alpha value is -0.580. The summed E-state index contributed by atoms with van der Waals surface area (Å²) in [6, 6.07) is 12.0. The minimum Gasteiger partial charge on any atom is -0.369 e. The van der Waals surface area contributed by atoms with Gasteiger partial charge < -0.3 is 5.11 Å². The van der Waals surface area contributed by atoms with E-state index in [-0.39, 0.29) is 0 Å². The van der Waals surface area contributed by atoms with Crippen LogP contribution >= 0.6 is 45.2 Å². The summed E-state index contributed by atoms with van der Waals surface area (Å²) in [7, 11) is 0. The van der Waals surface area contributed by atoms with Gasteiger partial charge in [-0.25, -0.2) is 0 Å². The van der Waals surface area contributed by atoms with Gasteiger partial charge in [-0.05, 0) is 80.6 Å². The summed E-state index contributed by atoms with van der Waals surface area (Å²) >= 11 is 4.46. The van der Waals surface area contributed by atoms with Gasteiger partial charge in [0.25, 0.3) is 0 Å². The highest BCUT2D eigenvalue weighted by Crippen LogP contribution is 2.47. The molecular weight excluding hydrogens is 450 g/mol. The lowest BCUT2D eigenvalue weighted by molar-refractivity contribution is 0.150. The molecule has 1 aliphatic carbocycles. The van der Waals surface area contributed by atoms with Crippen LogP contribution < -0.4 is 0 Å². The molecule has 18 heavy (non-hydrogen) atoms. The first-order valence-corrected chi connectivity index (χ1v) is 7.52. The molecular formula is C15H8I2O. The van der Waals surface area contributed by atoms with Crippen molar-refractivity contribution >= 4 is 45.2 Å². The SMILES string of the molecule is C#CC1(O)c2cc(I)ccc2-c2ccc(I)cc21. The Labute approximate surface area is 133 Å². The average molecular weight is 458 g/mol. The van der Waals surface area contributed by atoms with E-state index in [0.29, 0.717) is 0 Å². The Morgan fingerprint density at radius 3 is 1.78 bits per heavy atom. The number of rotatable bonds is 0. The van der Waals surface area contributed by atoms with Crippen LogP contribution in [0.5, 0.6) is 0 Å². The van der Waals surface area contributed by atoms with Gasteiger partial charge in [0, 0.05) is 18.3 Å². The van der Waals surface area contributed by atoms with E-state index in [1.165, 1.54) is 0 Å². The smallest absolute Gasteiger partial charge is 0.177 e. The zero-order valence-corrected chi connectivity index (χ0v) is 13.6. The van der Waals surface area contributed by atoms with Crippen LogP contribution in [0.2, 0.25) is 0 Å². The largest absolute Gasteiger partial charge is 0.369 e. The first-order valence-electron chi connectivity index (χ1n) is 5.37. The monoisotopic (exact) mass is 458 g/mol. The minimum atomic E-state index is -1.30. The standard InChI is InChI=1S/C15H8I2O/c1-2-15(18)13-7-9(16)3-5-11(13)12-6-4-10(17)8-14(12)15/h1,3-8,18H. The highest BCUT2D eigenvalue weighted by atomic mass is 127. The molecule has 3 heteroatoms. The quantitative estimate of drug-likeness (QED) is 0.472. The number of halogens is 2. The van der Waals surface area contributed by atoms with Crippen molar-refractivity contribution in [3.63, 3.8) is 0 Å². The molecule has 0 unspecified atom stereocenters. The van der Waals surface area contributed by atoms with Crippen LogP contribution in [0.3, 0.4) is 0 Å². The van der Waals surface area contributed by atoms with Crippen LogP contribution in [0.25, 0.3) is 11.1 Å². The van der Waals surface area contributed by atoms with Gasteiger partial charge in [0.2, 0.25) is 0 Å². The number of hydrogen-bond donors (Lipinski definition) is 1. The lowest BCUT2D eigenvalue weighted by atomic mass is 9.93. The number of terminal acetylenes is 1. The molecule has 0 radical (unpaired) electrons. The van der Waals surface area contributed by atoms with Gasteiger partial charge >= 0.3 is 0 Å². The predicted octanol–water partition coefficient (Wildman–Crippen LogP) is 3.75. The third kappa shape index (κ3) is 1.63. The molecule has 1 aliphatic rings. The van der Waals surface area contributed by atoms with Crippen molar-refractivity contribution in [1.82, 2.24) is 0 Å². The van der Waals surface area contributed by atoms with Crippen LogP contribution in [0, 0.1) is 19.5 Å². The van der Waals surface area contributed by atoms with E-state index in [2.05, 4.69) is 51.1 Å². The Morgan fingerprint density at radius 2 is 1.39 bits per heavy atom. The number of aliphatic hydroxyl groups is 1. The van der Waals surface area contributed by atoms with Gasteiger partial charge in [0.05, 0.1) is 0 Å². The molecule has 1 nitrogen and oxygen atoms in total. The maximum Gasteiger partial charge on any atom is 0.177 e. The second-order valence-electron chi connectivity index (χ2n) is 4.23. The van der Waals surface area contributed by atoms with Crippen LogP contribution in [0.15, 0.2) is 36.4 Å². The molecule has 0 saturated carbocycles. The van der Waals surface area contributed by atoms with Crippen molar-refractivity contribution < 1.29 is 5.11 Å². The molecule has 0 fully saturated rings. The second-order valence-corrected chi connectivity index (χ2v) is 6.73. The topological polar surface area (TPSA) is 20.2 Å². The fraction of sp³-hybridized carbons (Fsp3) is 0.0667. The molecule has 0 aromatic heterocycles. The second kappa shape index (κ2) is 4.22. The lowest BCUT2D eigenvalue weighted by Crippen LogP contribution is -2.22. The van der Waals surface area contributed by atoms with Crippen molar-refractivity contribution in [1.29, 1.82) is 0 Å². The molecule has 0 atom stereocenters. The van der Waals surface area contributed by atoms with Crippen LogP contribution in [-0.2, 0) is 5.60 Å². The van der Waals surface area contributed by atoms with Crippen molar-refractivity contribution in [2.24, 2.45) is 0 Å². The fourth-order valence-corrected chi connectivity index (χ4v) is 3.38. The summed E-state index contributed by atoms with van der Waals surface area (Å²) in [6.45, 7) is 0. The molecule has 3 rings (SSSR count). The van der Waals surface area contributed by atoms with E-state index in [4.69, 9.17) is 6.42 Å². The Kier molecular flexibility index (Phi) is 2.92. The zero-order valence-electron chi connectivity index (χ0n) is 9.24. The fourth-order valence-electron chi connectivity index (χ4n) is 2.40. The molecule has 0 heterocycles. The molecule has 0 saturated heterocycles. The van der Waals surface area contributed by atoms with E-state index in [9.17, 15) is 5.11 Å². The first kappa shape index (κ1) is 12.5. The van der Waals surface area contributed by atoms with E-state index in [1.807, 2.05) is 36.4 Å². The summed E-state index contributed by atoms with van der Waals surface area (Å²) in [6.07, 6.45) is 5.59. The zero-order chi connectivity index (χ0) is 12.9. The van der Waals surface area contributed by atoms with Crippen LogP contribution in [0.1, 0.15) is 11.1 Å². The number of fused-ring (bicyclic) bond motifs is 3. The number of hydrogen-bond acceptors (Lipinski definition) is 1. The average Bonchev–Trinajstić information content (AvgIpc) is 2.60. The van der Waals surface area contributed by atoms with Crippen molar-refractivity contribution in [2.75, 3.05) is 0 Å². The maximum absolute atomic E-state index is 10.8. The third-order valence-electron chi connectivity index (χ3n) is 3.24. The summed E-state index contributed by atoms with van der Waals surface area (Å²) in [5.74, 6) is 2.56. The third-order valence-corrected chi connectivity index (χ3v) is 4.58. The first-order chi connectivity index (χ1) is 8.56. The normalized spacial score (nSPS) is 14.8. The van der Waals surface area contributed by atoms with E-state index < -0.39 is 5.60 Å². The summed E-state index contributed by atoms with van der Waals surface area (Å²) < 4.78 is 2.14. The van der Waals surface area contributed by atoms with E-state index in [0.717, 1.165) is 29.4 Å². The molecule has 1 N–H and O–H groups in total. The molecule has 0 aliphatic heterocycles. The summed E-state index contributed by atoms with van der Waals surface area (Å²) in [4.78, 5) is 0. The Bertz CT molecular complexity index is 647. The van der Waals surface area contributed by atoms with Gasteiger partial charge in [-0.2, -0.15) is 0 Å². The van der Waals surface area contributed by atoms with Crippen molar-refractivity contribution in [3.8, 4) is 23.5 Å². The number of benzene rings is 2. The maximum atomic E-state index is 10.8. The van der Waals surface area contributed by atoms with E-state index >= 15 is 0 Å². The molecule has 0 amide bonds. The minimum absolute atomic E-state index is 0.814. The van der Waals surface area contributed by atoms with Gasteiger partial charge in [-0.1, -0.05) is 18.1 Å². The summed E-state index contributed by atoms with van der Waals surface area (Å²) in [5.41, 5.74) is 2.39. The van der Waals surface area contributed by atoms with Crippen LogP contribution in [-0.4, -0.2) is 5.11 Å². The molecule has 0 spiro atoms. The highest BCUT2D eigenvalue weighted by molar-refractivity contribution is 14.1. The predicted molar refractivity (Wildman–Crippen MR) is 89.1 cm³/mol. The highest BCUT2D eigenvalue weighted by Gasteiger charge is 2.40. The van der Waals surface area contributed by atoms with Crippen molar-refractivity contribution in [2.45, 2.75) is 5.60 Å². The summed E-state index contributed by atoms with van der Waals surface area (Å²) in [5, 5.41) is 10.8. The lowest BCUT2D eigenvalue weighted by Gasteiger charge is -2.19. The molecule has 88 valence electrons. The van der Waals surface area contributed by atoms with Gasteiger partial charge in [0.1, 0.15) is 0 Å². The van der Waals surface area contributed by atoms with E-state index in [1.54, 1.807) is 0 Å². The molecule has 0 bridgehead atoms. The van der Waals surface area contributed by atoms with Crippen molar-refractivity contribution in [3.05, 3.63) is 54.7 Å². The van der Waals surface area contributed by atoms with Gasteiger partial charge in [-0.15, -0.1) is 6.42 Å². The van der Waals surface area contributed by atoms with Gasteiger partial charge in [-0.3, -0.25) is 0 Å². The van der Waals surface area contributed by atoms with Crippen LogP contribution in [0.4, 0.5) is 0 Å². The molecule has 2 aromatic rings. The van der Waals surface area contributed by atoms with Gasteiger partial charge in [0.15, 0.2) is 5.60 Å². The Balaban J connectivity index is 2.42.